The Morgan fingerprint density at radius 1 is 1.35 bits per heavy atom. The topological polar surface area (TPSA) is 101 Å². The molecule has 20 heavy (non-hydrogen) atoms. The standard InChI is InChI=1S/C12H10BrN3O4/c1-19-10-3-2-8(16(17)18)5-11(10)20-12-9(14)4-7(13)6-15-12/h2-6H,14H2,1H3. The normalized spacial score (nSPS) is 10.1. The number of ether oxygens (including phenoxy) is 2. The maximum Gasteiger partial charge on any atom is 0.273 e. The highest BCUT2D eigenvalue weighted by atomic mass is 79.9. The van der Waals surface area contributed by atoms with Gasteiger partial charge in [0.25, 0.3) is 5.69 Å². The average Bonchev–Trinajstić information content (AvgIpc) is 2.41. The van der Waals surface area contributed by atoms with E-state index >= 15 is 0 Å². The Labute approximate surface area is 122 Å². The van der Waals surface area contributed by atoms with Gasteiger partial charge in [0.15, 0.2) is 11.5 Å². The van der Waals surface area contributed by atoms with Gasteiger partial charge in [-0.2, -0.15) is 0 Å². The van der Waals surface area contributed by atoms with Gasteiger partial charge in [0.1, 0.15) is 0 Å². The molecule has 7 nitrogen and oxygen atoms in total. The lowest BCUT2D eigenvalue weighted by atomic mass is 10.3. The van der Waals surface area contributed by atoms with Crippen LogP contribution in [-0.2, 0) is 0 Å². The Morgan fingerprint density at radius 2 is 2.10 bits per heavy atom. The molecule has 0 atom stereocenters. The van der Waals surface area contributed by atoms with E-state index < -0.39 is 4.92 Å². The molecule has 8 heteroatoms. The summed E-state index contributed by atoms with van der Waals surface area (Å²) in [5.41, 5.74) is 5.95. The Hall–Kier alpha value is -2.35. The number of benzene rings is 1. The van der Waals surface area contributed by atoms with Crippen LogP contribution in [0.2, 0.25) is 0 Å². The molecule has 2 rings (SSSR count). The number of nitrogens with zero attached hydrogens (tertiary/aromatic N) is 2. The first-order valence-electron chi connectivity index (χ1n) is 5.42. The fourth-order valence-electron chi connectivity index (χ4n) is 1.49. The van der Waals surface area contributed by atoms with Gasteiger partial charge in [-0.3, -0.25) is 10.1 Å². The second-order valence-electron chi connectivity index (χ2n) is 3.74. The zero-order chi connectivity index (χ0) is 14.7. The number of methoxy groups -OCH3 is 1. The number of halogens is 1. The van der Waals surface area contributed by atoms with E-state index in [1.165, 1.54) is 31.5 Å². The summed E-state index contributed by atoms with van der Waals surface area (Å²) >= 11 is 3.23. The van der Waals surface area contributed by atoms with Crippen molar-refractivity contribution < 1.29 is 14.4 Å². The molecule has 0 aliphatic carbocycles. The van der Waals surface area contributed by atoms with E-state index in [2.05, 4.69) is 20.9 Å². The first-order valence-corrected chi connectivity index (χ1v) is 6.22. The molecular formula is C12H10BrN3O4. The van der Waals surface area contributed by atoms with Gasteiger partial charge in [-0.05, 0) is 28.1 Å². The highest BCUT2D eigenvalue weighted by Crippen LogP contribution is 2.36. The number of nitrogens with two attached hydrogens (primary N) is 1. The number of non-ortho nitro benzene ring substituents is 1. The van der Waals surface area contributed by atoms with Gasteiger partial charge in [-0.1, -0.05) is 0 Å². The Balaban J connectivity index is 2.40. The predicted molar refractivity (Wildman–Crippen MR) is 76.1 cm³/mol. The summed E-state index contributed by atoms with van der Waals surface area (Å²) in [5, 5.41) is 10.8. The summed E-state index contributed by atoms with van der Waals surface area (Å²) < 4.78 is 11.3. The maximum absolute atomic E-state index is 10.8. The summed E-state index contributed by atoms with van der Waals surface area (Å²) in [7, 11) is 1.44. The number of rotatable bonds is 4. The van der Waals surface area contributed by atoms with Crippen LogP contribution in [0, 0.1) is 10.1 Å². The zero-order valence-electron chi connectivity index (χ0n) is 10.4. The number of pyridine rings is 1. The Morgan fingerprint density at radius 3 is 2.70 bits per heavy atom. The maximum atomic E-state index is 10.8. The van der Waals surface area contributed by atoms with E-state index in [-0.39, 0.29) is 17.3 Å². The summed E-state index contributed by atoms with van der Waals surface area (Å²) in [5.74, 6) is 0.662. The average molecular weight is 340 g/mol. The lowest BCUT2D eigenvalue weighted by Gasteiger charge is -2.10. The van der Waals surface area contributed by atoms with Crippen LogP contribution >= 0.6 is 15.9 Å². The molecule has 0 saturated heterocycles. The highest BCUT2D eigenvalue weighted by molar-refractivity contribution is 9.10. The summed E-state index contributed by atoms with van der Waals surface area (Å²) in [4.78, 5) is 14.3. The molecule has 0 aliphatic rings. The number of nitrogen functional groups attached to an aromatic ring is 1. The molecule has 1 aromatic carbocycles. The molecule has 1 heterocycles. The molecule has 2 N–H and O–H groups in total. The molecule has 1 aromatic heterocycles. The molecule has 104 valence electrons. The second-order valence-corrected chi connectivity index (χ2v) is 4.66. The van der Waals surface area contributed by atoms with Crippen LogP contribution in [0.5, 0.6) is 17.4 Å². The van der Waals surface area contributed by atoms with Crippen molar-refractivity contribution in [2.24, 2.45) is 0 Å². The van der Waals surface area contributed by atoms with Crippen molar-refractivity contribution in [2.45, 2.75) is 0 Å². The first kappa shape index (κ1) is 14.1. The molecule has 0 radical (unpaired) electrons. The fraction of sp³-hybridized carbons (Fsp3) is 0.0833. The van der Waals surface area contributed by atoms with Crippen LogP contribution < -0.4 is 15.2 Å². The number of nitro benzene ring substituents is 1. The van der Waals surface area contributed by atoms with Crippen LogP contribution in [0.3, 0.4) is 0 Å². The number of anilines is 1. The van der Waals surface area contributed by atoms with E-state index in [0.717, 1.165) is 0 Å². The quantitative estimate of drug-likeness (QED) is 0.678. The third kappa shape index (κ3) is 2.97. The number of nitro groups is 1. The van der Waals surface area contributed by atoms with Crippen LogP contribution in [0.4, 0.5) is 11.4 Å². The molecule has 0 saturated carbocycles. The SMILES string of the molecule is COc1ccc([N+](=O)[O-])cc1Oc1ncc(Br)cc1N. The summed E-state index contributed by atoms with van der Waals surface area (Å²) in [6.45, 7) is 0. The molecule has 0 amide bonds. The fourth-order valence-corrected chi connectivity index (χ4v) is 1.84. The van der Waals surface area contributed by atoms with Crippen LogP contribution in [-0.4, -0.2) is 17.0 Å². The Bertz CT molecular complexity index is 663. The molecule has 0 aliphatic heterocycles. The van der Waals surface area contributed by atoms with Gasteiger partial charge in [-0.25, -0.2) is 4.98 Å². The molecule has 0 bridgehead atoms. The van der Waals surface area contributed by atoms with Crippen LogP contribution in [0.25, 0.3) is 0 Å². The third-order valence-electron chi connectivity index (χ3n) is 2.41. The number of hydrogen-bond donors (Lipinski definition) is 1. The Kier molecular flexibility index (Phi) is 4.04. The van der Waals surface area contributed by atoms with Gasteiger partial charge in [-0.15, -0.1) is 0 Å². The van der Waals surface area contributed by atoms with Crippen molar-refractivity contribution in [3.63, 3.8) is 0 Å². The van der Waals surface area contributed by atoms with Gasteiger partial charge in [0, 0.05) is 16.7 Å². The molecular weight excluding hydrogens is 330 g/mol. The van der Waals surface area contributed by atoms with Crippen molar-refractivity contribution in [3.05, 3.63) is 45.0 Å². The zero-order valence-corrected chi connectivity index (χ0v) is 12.0. The molecule has 0 unspecified atom stereocenters. The van der Waals surface area contributed by atoms with E-state index in [0.29, 0.717) is 15.9 Å². The van der Waals surface area contributed by atoms with Crippen LogP contribution in [0.15, 0.2) is 34.9 Å². The number of hydrogen-bond acceptors (Lipinski definition) is 6. The lowest BCUT2D eigenvalue weighted by Crippen LogP contribution is -1.98. The molecule has 2 aromatic rings. The van der Waals surface area contributed by atoms with Gasteiger partial charge >= 0.3 is 0 Å². The van der Waals surface area contributed by atoms with Gasteiger partial charge < -0.3 is 15.2 Å². The van der Waals surface area contributed by atoms with Crippen molar-refractivity contribution in [2.75, 3.05) is 12.8 Å². The van der Waals surface area contributed by atoms with Crippen molar-refractivity contribution in [1.82, 2.24) is 4.98 Å². The van der Waals surface area contributed by atoms with Crippen molar-refractivity contribution >= 4 is 27.3 Å². The summed E-state index contributed by atoms with van der Waals surface area (Å²) in [6, 6.07) is 5.64. The van der Waals surface area contributed by atoms with Gasteiger partial charge in [0.05, 0.1) is 23.8 Å². The smallest absolute Gasteiger partial charge is 0.273 e. The van der Waals surface area contributed by atoms with Crippen molar-refractivity contribution in [1.29, 1.82) is 0 Å². The molecule has 0 fully saturated rings. The summed E-state index contributed by atoms with van der Waals surface area (Å²) in [6.07, 6.45) is 1.51. The second kappa shape index (κ2) is 5.74. The minimum absolute atomic E-state index is 0.114. The van der Waals surface area contributed by atoms with Gasteiger partial charge in [0.2, 0.25) is 5.88 Å². The first-order chi connectivity index (χ1) is 9.51. The van der Waals surface area contributed by atoms with E-state index in [1.54, 1.807) is 6.07 Å². The van der Waals surface area contributed by atoms with E-state index in [1.807, 2.05) is 0 Å². The minimum Gasteiger partial charge on any atom is -0.493 e. The largest absolute Gasteiger partial charge is 0.493 e. The van der Waals surface area contributed by atoms with E-state index in [9.17, 15) is 10.1 Å². The third-order valence-corrected chi connectivity index (χ3v) is 2.84. The minimum atomic E-state index is -0.523. The molecule has 0 spiro atoms. The van der Waals surface area contributed by atoms with Crippen LogP contribution in [0.1, 0.15) is 0 Å². The predicted octanol–water partition coefficient (Wildman–Crippen LogP) is 3.14. The highest BCUT2D eigenvalue weighted by Gasteiger charge is 2.15. The number of aromatic nitrogens is 1. The monoisotopic (exact) mass is 339 g/mol. The van der Waals surface area contributed by atoms with Crippen molar-refractivity contribution in [3.8, 4) is 17.4 Å². The lowest BCUT2D eigenvalue weighted by molar-refractivity contribution is -0.384. The van der Waals surface area contributed by atoms with E-state index in [4.69, 9.17) is 15.2 Å².